The third kappa shape index (κ3) is 5.24. The molecule has 1 aliphatic heterocycles. The van der Waals surface area contributed by atoms with Crippen molar-refractivity contribution in [2.24, 2.45) is 0 Å². The van der Waals surface area contributed by atoms with Crippen LogP contribution in [0.25, 0.3) is 10.8 Å². The van der Waals surface area contributed by atoms with E-state index >= 15 is 0 Å². The third-order valence-corrected chi connectivity index (χ3v) is 6.34. The fourth-order valence-electron chi connectivity index (χ4n) is 4.08. The zero-order valence-corrected chi connectivity index (χ0v) is 17.7. The van der Waals surface area contributed by atoms with Gasteiger partial charge in [0.15, 0.2) is 0 Å². The number of hydrogen-bond donors (Lipinski definition) is 1. The molecule has 0 radical (unpaired) electrons. The molecule has 5 heteroatoms. The highest BCUT2D eigenvalue weighted by atomic mass is 32.1. The maximum absolute atomic E-state index is 12.9. The van der Waals surface area contributed by atoms with Crippen LogP contribution in [0.5, 0.6) is 0 Å². The van der Waals surface area contributed by atoms with Gasteiger partial charge < -0.3 is 10.1 Å². The van der Waals surface area contributed by atoms with Gasteiger partial charge in [0.05, 0.1) is 18.7 Å². The van der Waals surface area contributed by atoms with Crippen LogP contribution in [-0.2, 0) is 16.1 Å². The second kappa shape index (κ2) is 9.53. The fourth-order valence-corrected chi connectivity index (χ4v) is 4.83. The van der Waals surface area contributed by atoms with E-state index in [9.17, 15) is 4.79 Å². The first-order chi connectivity index (χ1) is 14.2. The summed E-state index contributed by atoms with van der Waals surface area (Å²) in [5.74, 6) is 0.0555. The van der Waals surface area contributed by atoms with Crippen molar-refractivity contribution in [2.45, 2.75) is 38.5 Å². The molecule has 1 aliphatic rings. The molecule has 1 saturated heterocycles. The lowest BCUT2D eigenvalue weighted by Gasteiger charge is -2.25. The quantitative estimate of drug-likeness (QED) is 0.584. The number of carbonyl (C=O) groups excluding carboxylic acids is 1. The first kappa shape index (κ1) is 20.1. The van der Waals surface area contributed by atoms with Crippen molar-refractivity contribution >= 4 is 28.0 Å². The van der Waals surface area contributed by atoms with Crippen molar-refractivity contribution in [3.63, 3.8) is 0 Å². The van der Waals surface area contributed by atoms with Crippen molar-refractivity contribution in [3.05, 3.63) is 70.4 Å². The lowest BCUT2D eigenvalue weighted by atomic mass is 10.00. The maximum Gasteiger partial charge on any atom is 0.234 e. The molecule has 2 atom stereocenters. The second-order valence-electron chi connectivity index (χ2n) is 7.74. The Hall–Kier alpha value is -2.21. The van der Waals surface area contributed by atoms with Gasteiger partial charge in [0.25, 0.3) is 0 Å². The number of thiophene rings is 1. The summed E-state index contributed by atoms with van der Waals surface area (Å²) in [6.07, 6.45) is 2.43. The van der Waals surface area contributed by atoms with E-state index in [0.29, 0.717) is 6.54 Å². The largest absolute Gasteiger partial charge is 0.377 e. The molecular formula is C24H28N2O2S. The molecule has 4 rings (SSSR count). The highest BCUT2D eigenvalue weighted by Crippen LogP contribution is 2.24. The van der Waals surface area contributed by atoms with E-state index in [1.807, 2.05) is 12.1 Å². The van der Waals surface area contributed by atoms with Crippen LogP contribution in [0, 0.1) is 0 Å². The molecule has 2 heterocycles. The van der Waals surface area contributed by atoms with Crippen molar-refractivity contribution in [1.82, 2.24) is 10.2 Å². The lowest BCUT2D eigenvalue weighted by Crippen LogP contribution is -2.41. The summed E-state index contributed by atoms with van der Waals surface area (Å²) in [4.78, 5) is 16.4. The molecule has 1 fully saturated rings. The van der Waals surface area contributed by atoms with Gasteiger partial charge in [-0.25, -0.2) is 0 Å². The maximum atomic E-state index is 12.9. The number of fused-ring (bicyclic) bond motifs is 1. The normalized spacial score (nSPS) is 17.7. The van der Waals surface area contributed by atoms with Crippen LogP contribution in [0.15, 0.2) is 60.0 Å². The summed E-state index contributed by atoms with van der Waals surface area (Å²) in [6.45, 7) is 4.86. The Morgan fingerprint density at radius 2 is 2.07 bits per heavy atom. The molecule has 1 amide bonds. The number of nitrogens with one attached hydrogen (secondary N) is 1. The monoisotopic (exact) mass is 408 g/mol. The minimum atomic E-state index is -0.0417. The molecule has 0 aliphatic carbocycles. The molecule has 1 aromatic heterocycles. The van der Waals surface area contributed by atoms with E-state index in [1.165, 1.54) is 15.6 Å². The summed E-state index contributed by atoms with van der Waals surface area (Å²) in [6, 6.07) is 18.7. The number of nitrogens with zero attached hydrogens (tertiary/aromatic N) is 1. The number of hydrogen-bond acceptors (Lipinski definition) is 4. The minimum Gasteiger partial charge on any atom is -0.377 e. The fraction of sp³-hybridized carbons (Fsp3) is 0.375. The third-order valence-electron chi connectivity index (χ3n) is 5.48. The molecule has 1 N–H and O–H groups in total. The molecular weight excluding hydrogens is 380 g/mol. The Balaban J connectivity index is 1.42. The SMILES string of the molecule is C[C@@H](NC(=O)CN(Cc1cccs1)C[C@@H]1CCCO1)c1cccc2ccccc12. The van der Waals surface area contributed by atoms with Gasteiger partial charge >= 0.3 is 0 Å². The molecule has 2 aromatic carbocycles. The van der Waals surface area contributed by atoms with Crippen molar-refractivity contribution < 1.29 is 9.53 Å². The zero-order valence-electron chi connectivity index (χ0n) is 16.8. The molecule has 0 spiro atoms. The van der Waals surface area contributed by atoms with Gasteiger partial charge in [-0.2, -0.15) is 0 Å². The first-order valence-electron chi connectivity index (χ1n) is 10.3. The van der Waals surface area contributed by atoms with Crippen LogP contribution in [-0.4, -0.2) is 36.6 Å². The van der Waals surface area contributed by atoms with Crippen LogP contribution in [0.3, 0.4) is 0 Å². The van der Waals surface area contributed by atoms with Gasteiger partial charge in [0.1, 0.15) is 0 Å². The molecule has 0 saturated carbocycles. The molecule has 152 valence electrons. The predicted molar refractivity (Wildman–Crippen MR) is 119 cm³/mol. The molecule has 0 unspecified atom stereocenters. The number of carbonyl (C=O) groups is 1. The van der Waals surface area contributed by atoms with Crippen molar-refractivity contribution in [3.8, 4) is 0 Å². The van der Waals surface area contributed by atoms with Gasteiger partial charge in [-0.3, -0.25) is 9.69 Å². The summed E-state index contributed by atoms with van der Waals surface area (Å²) in [7, 11) is 0. The van der Waals surface area contributed by atoms with Gasteiger partial charge in [-0.1, -0.05) is 48.5 Å². The van der Waals surface area contributed by atoms with Gasteiger partial charge in [-0.05, 0) is 47.5 Å². The van der Waals surface area contributed by atoms with Gasteiger partial charge in [0.2, 0.25) is 5.91 Å². The number of benzene rings is 2. The van der Waals surface area contributed by atoms with E-state index < -0.39 is 0 Å². The minimum absolute atomic E-state index is 0.0417. The lowest BCUT2D eigenvalue weighted by molar-refractivity contribution is -0.123. The average molecular weight is 409 g/mol. The van der Waals surface area contributed by atoms with E-state index in [0.717, 1.165) is 38.1 Å². The number of ether oxygens (including phenoxy) is 1. The Labute approximate surface area is 176 Å². The van der Waals surface area contributed by atoms with Gasteiger partial charge in [-0.15, -0.1) is 11.3 Å². The Kier molecular flexibility index (Phi) is 6.60. The van der Waals surface area contributed by atoms with Crippen LogP contribution < -0.4 is 5.32 Å². The van der Waals surface area contributed by atoms with Crippen LogP contribution >= 0.6 is 11.3 Å². The molecule has 0 bridgehead atoms. The summed E-state index contributed by atoms with van der Waals surface area (Å²) in [5, 5.41) is 7.68. The van der Waals surface area contributed by atoms with E-state index in [2.05, 4.69) is 65.0 Å². The number of amides is 1. The smallest absolute Gasteiger partial charge is 0.234 e. The Morgan fingerprint density at radius 1 is 1.21 bits per heavy atom. The molecule has 29 heavy (non-hydrogen) atoms. The van der Waals surface area contributed by atoms with Crippen molar-refractivity contribution in [1.29, 1.82) is 0 Å². The van der Waals surface area contributed by atoms with Crippen LogP contribution in [0.2, 0.25) is 0 Å². The van der Waals surface area contributed by atoms with E-state index in [1.54, 1.807) is 11.3 Å². The Morgan fingerprint density at radius 3 is 2.86 bits per heavy atom. The standard InChI is InChI=1S/C24H28N2O2S/c1-18(22-12-4-8-19-7-2-3-11-23(19)22)25-24(27)17-26(15-20-9-5-13-28-20)16-21-10-6-14-29-21/h2-4,6-8,10-12,14,18,20H,5,9,13,15-17H2,1H3,(H,25,27)/t18-,20+/m1/s1. The highest BCUT2D eigenvalue weighted by molar-refractivity contribution is 7.09. The predicted octanol–water partition coefficient (Wildman–Crippen LogP) is 4.76. The Bertz CT molecular complexity index is 930. The van der Waals surface area contributed by atoms with Crippen molar-refractivity contribution in [2.75, 3.05) is 19.7 Å². The van der Waals surface area contributed by atoms with E-state index in [4.69, 9.17) is 4.74 Å². The van der Waals surface area contributed by atoms with Gasteiger partial charge in [0, 0.05) is 24.6 Å². The summed E-state index contributed by atoms with van der Waals surface area (Å²) in [5.41, 5.74) is 1.15. The average Bonchev–Trinajstić information content (AvgIpc) is 3.41. The first-order valence-corrected chi connectivity index (χ1v) is 11.2. The second-order valence-corrected chi connectivity index (χ2v) is 8.77. The zero-order chi connectivity index (χ0) is 20.1. The van der Waals surface area contributed by atoms with Crippen LogP contribution in [0.1, 0.15) is 36.2 Å². The summed E-state index contributed by atoms with van der Waals surface area (Å²) >= 11 is 1.73. The molecule has 3 aromatic rings. The van der Waals surface area contributed by atoms with Crippen LogP contribution in [0.4, 0.5) is 0 Å². The summed E-state index contributed by atoms with van der Waals surface area (Å²) < 4.78 is 5.81. The number of rotatable bonds is 8. The topological polar surface area (TPSA) is 41.6 Å². The van der Waals surface area contributed by atoms with E-state index in [-0.39, 0.29) is 18.1 Å². The highest BCUT2D eigenvalue weighted by Gasteiger charge is 2.22. The molecule has 4 nitrogen and oxygen atoms in total.